The quantitative estimate of drug-likeness (QED) is 0.604. The summed E-state index contributed by atoms with van der Waals surface area (Å²) in [6.07, 6.45) is 0.278. The molecule has 1 N–H and O–H groups in total. The average molecular weight is 242 g/mol. The molecule has 0 bridgehead atoms. The first kappa shape index (κ1) is 14.2. The highest BCUT2D eigenvalue weighted by molar-refractivity contribution is 5.87. The van der Waals surface area contributed by atoms with Crippen LogP contribution < -0.4 is 0 Å². The Morgan fingerprint density at radius 3 is 2.65 bits per heavy atom. The minimum absolute atomic E-state index is 0.0540. The number of esters is 1. The highest BCUT2D eigenvalue weighted by atomic mass is 16.5. The monoisotopic (exact) mass is 242 g/mol. The van der Waals surface area contributed by atoms with E-state index in [1.54, 1.807) is 0 Å². The molecule has 1 unspecified atom stereocenters. The van der Waals surface area contributed by atoms with E-state index in [4.69, 9.17) is 4.74 Å². The zero-order valence-corrected chi connectivity index (χ0v) is 11.0. The number of rotatable bonds is 3. The van der Waals surface area contributed by atoms with Crippen LogP contribution in [-0.4, -0.2) is 36.5 Å². The number of methoxy groups -OCH3 is 1. The van der Waals surface area contributed by atoms with E-state index in [1.165, 1.54) is 7.11 Å². The number of aliphatic hydroxyl groups excluding tert-OH is 1. The maximum atomic E-state index is 11.2. The molecule has 0 radical (unpaired) electrons. The van der Waals surface area contributed by atoms with Gasteiger partial charge in [0.1, 0.15) is 0 Å². The van der Waals surface area contributed by atoms with Crippen LogP contribution in [0.25, 0.3) is 0 Å². The smallest absolute Gasteiger partial charge is 0.333 e. The molecule has 0 amide bonds. The first-order valence-electron chi connectivity index (χ1n) is 5.88. The molecule has 1 rings (SSSR count). The van der Waals surface area contributed by atoms with Crippen LogP contribution in [0.4, 0.5) is 0 Å². The van der Waals surface area contributed by atoms with Crippen LogP contribution >= 0.6 is 0 Å². The number of ether oxygens (including phenoxy) is 2. The van der Waals surface area contributed by atoms with Crippen LogP contribution in [0.2, 0.25) is 0 Å². The van der Waals surface area contributed by atoms with Gasteiger partial charge in [-0.2, -0.15) is 0 Å². The van der Waals surface area contributed by atoms with Crippen molar-refractivity contribution in [1.82, 2.24) is 0 Å². The lowest BCUT2D eigenvalue weighted by molar-refractivity contribution is -0.166. The van der Waals surface area contributed by atoms with Gasteiger partial charge in [-0.05, 0) is 6.92 Å². The standard InChI is InChI=1S/C13H22O4/c1-8(12(15)16-5)6-10-7-11(14)13(3,4)9(2)17-10/h9-11,14H,1,6-7H2,2-5H3/t9?,10-,11+/m1/s1. The van der Waals surface area contributed by atoms with E-state index >= 15 is 0 Å². The number of aliphatic hydroxyl groups is 1. The lowest BCUT2D eigenvalue weighted by Gasteiger charge is -2.44. The van der Waals surface area contributed by atoms with Crippen molar-refractivity contribution >= 4 is 5.97 Å². The number of hydrogen-bond donors (Lipinski definition) is 1. The van der Waals surface area contributed by atoms with Gasteiger partial charge in [0, 0.05) is 23.8 Å². The van der Waals surface area contributed by atoms with Crippen molar-refractivity contribution in [1.29, 1.82) is 0 Å². The van der Waals surface area contributed by atoms with Crippen LogP contribution in [0.1, 0.15) is 33.6 Å². The van der Waals surface area contributed by atoms with Gasteiger partial charge in [0.25, 0.3) is 0 Å². The van der Waals surface area contributed by atoms with Gasteiger partial charge >= 0.3 is 5.97 Å². The van der Waals surface area contributed by atoms with Crippen molar-refractivity contribution in [3.05, 3.63) is 12.2 Å². The van der Waals surface area contributed by atoms with Crippen LogP contribution in [0.5, 0.6) is 0 Å². The first-order chi connectivity index (χ1) is 7.78. The predicted molar refractivity (Wildman–Crippen MR) is 64.5 cm³/mol. The van der Waals surface area contributed by atoms with Crippen LogP contribution in [0.15, 0.2) is 12.2 Å². The molecule has 1 heterocycles. The molecule has 0 aromatic carbocycles. The summed E-state index contributed by atoms with van der Waals surface area (Å²) in [4.78, 5) is 11.2. The molecule has 4 heteroatoms. The maximum Gasteiger partial charge on any atom is 0.333 e. The van der Waals surface area contributed by atoms with Crippen molar-refractivity contribution in [2.75, 3.05) is 7.11 Å². The van der Waals surface area contributed by atoms with Crippen molar-refractivity contribution in [3.8, 4) is 0 Å². The molecule has 17 heavy (non-hydrogen) atoms. The minimum atomic E-state index is -0.429. The van der Waals surface area contributed by atoms with Crippen molar-refractivity contribution in [2.24, 2.45) is 5.41 Å². The molecule has 3 atom stereocenters. The summed E-state index contributed by atoms with van der Waals surface area (Å²) in [7, 11) is 1.33. The van der Waals surface area contributed by atoms with E-state index in [0.717, 1.165) is 0 Å². The Kier molecular flexibility index (Phi) is 4.33. The van der Waals surface area contributed by atoms with Gasteiger partial charge in [0.2, 0.25) is 0 Å². The maximum absolute atomic E-state index is 11.2. The zero-order chi connectivity index (χ0) is 13.2. The van der Waals surface area contributed by atoms with Gasteiger partial charge in [-0.15, -0.1) is 0 Å². The third kappa shape index (κ3) is 3.07. The Balaban J connectivity index is 2.59. The van der Waals surface area contributed by atoms with Crippen molar-refractivity contribution < 1.29 is 19.4 Å². The second-order valence-electron chi connectivity index (χ2n) is 5.27. The van der Waals surface area contributed by atoms with Gasteiger partial charge in [-0.1, -0.05) is 20.4 Å². The lowest BCUT2D eigenvalue weighted by atomic mass is 9.76. The van der Waals surface area contributed by atoms with E-state index in [2.05, 4.69) is 11.3 Å². The third-order valence-corrected chi connectivity index (χ3v) is 3.74. The summed E-state index contributed by atoms with van der Waals surface area (Å²) in [5, 5.41) is 10.1. The van der Waals surface area contributed by atoms with Gasteiger partial charge < -0.3 is 14.6 Å². The molecule has 1 fully saturated rings. The van der Waals surface area contributed by atoms with E-state index in [9.17, 15) is 9.90 Å². The fraction of sp³-hybridized carbons (Fsp3) is 0.769. The van der Waals surface area contributed by atoms with Crippen LogP contribution in [0.3, 0.4) is 0 Å². The molecule has 0 saturated carbocycles. The first-order valence-corrected chi connectivity index (χ1v) is 5.88. The molecule has 0 aliphatic carbocycles. The average Bonchev–Trinajstić information content (AvgIpc) is 2.25. The van der Waals surface area contributed by atoms with E-state index in [0.29, 0.717) is 18.4 Å². The molecule has 0 aromatic heterocycles. The van der Waals surface area contributed by atoms with Crippen molar-refractivity contribution in [3.63, 3.8) is 0 Å². The molecule has 1 saturated heterocycles. The molecule has 98 valence electrons. The summed E-state index contributed by atoms with van der Waals surface area (Å²) in [6.45, 7) is 9.57. The third-order valence-electron chi connectivity index (χ3n) is 3.74. The van der Waals surface area contributed by atoms with Crippen LogP contribution in [-0.2, 0) is 14.3 Å². The van der Waals surface area contributed by atoms with Gasteiger partial charge in [0.05, 0.1) is 25.4 Å². The number of carbonyl (C=O) groups excluding carboxylic acids is 1. The van der Waals surface area contributed by atoms with Gasteiger partial charge in [-0.25, -0.2) is 4.79 Å². The summed E-state index contributed by atoms with van der Waals surface area (Å²) < 4.78 is 10.4. The van der Waals surface area contributed by atoms with E-state index in [-0.39, 0.29) is 17.6 Å². The second-order valence-corrected chi connectivity index (χ2v) is 5.27. The minimum Gasteiger partial charge on any atom is -0.466 e. The normalized spacial score (nSPS) is 31.9. The predicted octanol–water partition coefficient (Wildman–Crippen LogP) is 1.67. The summed E-state index contributed by atoms with van der Waals surface area (Å²) in [5.74, 6) is -0.416. The fourth-order valence-corrected chi connectivity index (χ4v) is 1.98. The van der Waals surface area contributed by atoms with Crippen LogP contribution in [0, 0.1) is 5.41 Å². The highest BCUT2D eigenvalue weighted by Gasteiger charge is 2.41. The Morgan fingerprint density at radius 2 is 2.18 bits per heavy atom. The molecule has 1 aliphatic rings. The van der Waals surface area contributed by atoms with Gasteiger partial charge in [-0.3, -0.25) is 0 Å². The highest BCUT2D eigenvalue weighted by Crippen LogP contribution is 2.37. The second kappa shape index (κ2) is 5.19. The Hall–Kier alpha value is -0.870. The van der Waals surface area contributed by atoms with E-state index < -0.39 is 12.1 Å². The molecule has 1 aliphatic heterocycles. The molecule has 0 aromatic rings. The largest absolute Gasteiger partial charge is 0.466 e. The summed E-state index contributed by atoms with van der Waals surface area (Å²) >= 11 is 0. The number of carbonyl (C=O) groups is 1. The Morgan fingerprint density at radius 1 is 1.59 bits per heavy atom. The zero-order valence-electron chi connectivity index (χ0n) is 11.0. The topological polar surface area (TPSA) is 55.8 Å². The summed E-state index contributed by atoms with van der Waals surface area (Å²) in [6, 6.07) is 0. The van der Waals surface area contributed by atoms with E-state index in [1.807, 2.05) is 20.8 Å². The molecule has 0 spiro atoms. The van der Waals surface area contributed by atoms with Crippen molar-refractivity contribution in [2.45, 2.75) is 51.9 Å². The SMILES string of the molecule is C=C(C[C@@H]1C[C@H](O)C(C)(C)C(C)O1)C(=O)OC. The number of hydrogen-bond acceptors (Lipinski definition) is 4. The fourth-order valence-electron chi connectivity index (χ4n) is 1.98. The Labute approximate surface area is 103 Å². The Bertz CT molecular complexity index is 295. The van der Waals surface area contributed by atoms with Gasteiger partial charge in [0.15, 0.2) is 0 Å². The summed E-state index contributed by atoms with van der Waals surface area (Å²) in [5.41, 5.74) is 0.125. The molecular weight excluding hydrogens is 220 g/mol. The lowest BCUT2D eigenvalue weighted by Crippen LogP contribution is -2.49. The molecular formula is C13H22O4. The molecule has 4 nitrogen and oxygen atoms in total.